The van der Waals surface area contributed by atoms with Crippen molar-refractivity contribution in [3.8, 4) is 0 Å². The van der Waals surface area contributed by atoms with Crippen molar-refractivity contribution in [3.63, 3.8) is 0 Å². The minimum atomic E-state index is -3.58. The maximum absolute atomic E-state index is 11.3. The molecule has 2 aromatic rings. The first-order valence-electron chi connectivity index (χ1n) is 8.63. The minimum Gasteiger partial charge on any atom is -0.343 e. The van der Waals surface area contributed by atoms with Gasteiger partial charge in [0, 0.05) is 30.5 Å². The highest BCUT2D eigenvalue weighted by atomic mass is 35.5. The molecule has 8 nitrogen and oxygen atoms in total. The second-order valence-electron chi connectivity index (χ2n) is 6.57. The van der Waals surface area contributed by atoms with E-state index in [4.69, 9.17) is 36.9 Å². The molecule has 0 radical (unpaired) electrons. The molecule has 3 rings (SSSR count). The lowest BCUT2D eigenvalue weighted by atomic mass is 9.99. The first-order chi connectivity index (χ1) is 13.2. The van der Waals surface area contributed by atoms with E-state index in [0.717, 1.165) is 12.1 Å². The van der Waals surface area contributed by atoms with Crippen LogP contribution in [0.1, 0.15) is 24.2 Å². The van der Waals surface area contributed by atoms with Gasteiger partial charge in [-0.1, -0.05) is 29.3 Å². The number of aryl methyl sites for hydroxylation is 2. The van der Waals surface area contributed by atoms with Gasteiger partial charge >= 0.3 is 0 Å². The van der Waals surface area contributed by atoms with E-state index in [1.54, 1.807) is 22.9 Å². The van der Waals surface area contributed by atoms with Crippen LogP contribution in [0.25, 0.3) is 0 Å². The first kappa shape index (κ1) is 21.5. The van der Waals surface area contributed by atoms with Crippen LogP contribution >= 0.6 is 23.2 Å². The lowest BCUT2D eigenvalue weighted by Gasteiger charge is -2.29. The zero-order valence-corrected chi connectivity index (χ0v) is 17.8. The van der Waals surface area contributed by atoms with Crippen LogP contribution in [0.2, 0.25) is 10.0 Å². The molecule has 1 aromatic carbocycles. The number of benzene rings is 1. The van der Waals surface area contributed by atoms with E-state index in [0.29, 0.717) is 34.9 Å². The number of hydrogen-bond acceptors (Lipinski definition) is 7. The SMILES string of the molecule is Cn1ncnc1CCC[C@]1(c2ccc(Cl)cc2Cl)OC[C@H](COS(C)(=O)=O)O1. The van der Waals surface area contributed by atoms with Gasteiger partial charge in [-0.05, 0) is 18.6 Å². The normalized spacial score (nSPS) is 22.6. The monoisotopic (exact) mass is 449 g/mol. The number of hydrogen-bond donors (Lipinski definition) is 0. The van der Waals surface area contributed by atoms with Crippen LogP contribution in [0.15, 0.2) is 24.5 Å². The molecule has 0 bridgehead atoms. The lowest BCUT2D eigenvalue weighted by molar-refractivity contribution is -0.184. The molecule has 2 heterocycles. The lowest BCUT2D eigenvalue weighted by Crippen LogP contribution is -2.30. The molecule has 0 amide bonds. The summed E-state index contributed by atoms with van der Waals surface area (Å²) in [6.07, 6.45) is 3.79. The summed E-state index contributed by atoms with van der Waals surface area (Å²) in [5.74, 6) is -0.279. The summed E-state index contributed by atoms with van der Waals surface area (Å²) in [7, 11) is -1.75. The highest BCUT2D eigenvalue weighted by Gasteiger charge is 2.44. The molecule has 0 unspecified atom stereocenters. The van der Waals surface area contributed by atoms with Crippen molar-refractivity contribution in [1.29, 1.82) is 0 Å². The molecule has 0 saturated carbocycles. The quantitative estimate of drug-likeness (QED) is 0.571. The van der Waals surface area contributed by atoms with E-state index >= 15 is 0 Å². The van der Waals surface area contributed by atoms with Gasteiger partial charge < -0.3 is 9.47 Å². The summed E-state index contributed by atoms with van der Waals surface area (Å²) >= 11 is 12.4. The number of nitrogens with zero attached hydrogens (tertiary/aromatic N) is 3. The van der Waals surface area contributed by atoms with Gasteiger partial charge in [0.1, 0.15) is 18.3 Å². The van der Waals surface area contributed by atoms with Crippen molar-refractivity contribution in [1.82, 2.24) is 14.8 Å². The fraction of sp³-hybridized carbons (Fsp3) is 0.529. The molecule has 28 heavy (non-hydrogen) atoms. The van der Waals surface area contributed by atoms with Crippen molar-refractivity contribution >= 4 is 33.3 Å². The zero-order chi connectivity index (χ0) is 20.4. The predicted molar refractivity (Wildman–Crippen MR) is 104 cm³/mol. The van der Waals surface area contributed by atoms with Gasteiger partial charge in [0.15, 0.2) is 5.79 Å². The minimum absolute atomic E-state index is 0.130. The summed E-state index contributed by atoms with van der Waals surface area (Å²) in [5, 5.41) is 4.97. The summed E-state index contributed by atoms with van der Waals surface area (Å²) in [6.45, 7) is 0.0491. The van der Waals surface area contributed by atoms with Gasteiger partial charge in [-0.3, -0.25) is 8.86 Å². The van der Waals surface area contributed by atoms with Crippen LogP contribution in [0.4, 0.5) is 0 Å². The Labute approximate surface area is 173 Å². The highest BCUT2D eigenvalue weighted by molar-refractivity contribution is 7.85. The van der Waals surface area contributed by atoms with Crippen LogP contribution in [0.5, 0.6) is 0 Å². The topological polar surface area (TPSA) is 92.5 Å². The Morgan fingerprint density at radius 1 is 1.39 bits per heavy atom. The Morgan fingerprint density at radius 3 is 2.82 bits per heavy atom. The molecule has 0 aliphatic carbocycles. The molecule has 0 spiro atoms. The third-order valence-corrected chi connectivity index (χ3v) is 5.49. The van der Waals surface area contributed by atoms with E-state index in [-0.39, 0.29) is 13.2 Å². The molecule has 0 N–H and O–H groups in total. The average molecular weight is 450 g/mol. The van der Waals surface area contributed by atoms with E-state index in [9.17, 15) is 8.42 Å². The Morgan fingerprint density at radius 2 is 2.18 bits per heavy atom. The highest BCUT2D eigenvalue weighted by Crippen LogP contribution is 2.42. The molecule has 1 aliphatic rings. The van der Waals surface area contributed by atoms with Gasteiger partial charge in [0.25, 0.3) is 10.1 Å². The number of aromatic nitrogens is 3. The Hall–Kier alpha value is -1.23. The molecule has 11 heteroatoms. The summed E-state index contributed by atoms with van der Waals surface area (Å²) in [5.41, 5.74) is 0.637. The first-order valence-corrected chi connectivity index (χ1v) is 11.2. The van der Waals surface area contributed by atoms with E-state index in [2.05, 4.69) is 10.1 Å². The van der Waals surface area contributed by atoms with E-state index in [1.165, 1.54) is 6.33 Å². The Balaban J connectivity index is 1.77. The van der Waals surface area contributed by atoms with Gasteiger partial charge in [-0.2, -0.15) is 13.5 Å². The third kappa shape index (κ3) is 5.22. The maximum atomic E-state index is 11.3. The van der Waals surface area contributed by atoms with Crippen LogP contribution in [0.3, 0.4) is 0 Å². The van der Waals surface area contributed by atoms with Crippen molar-refractivity contribution in [2.45, 2.75) is 31.2 Å². The van der Waals surface area contributed by atoms with Crippen LogP contribution in [-0.2, 0) is 43.0 Å². The van der Waals surface area contributed by atoms with Gasteiger partial charge in [-0.15, -0.1) is 0 Å². The second kappa shape index (κ2) is 8.64. The molecule has 2 atom stereocenters. The van der Waals surface area contributed by atoms with Gasteiger partial charge in [-0.25, -0.2) is 4.98 Å². The molecule has 154 valence electrons. The molecule has 1 aliphatic heterocycles. The number of ether oxygens (including phenoxy) is 2. The zero-order valence-electron chi connectivity index (χ0n) is 15.5. The second-order valence-corrected chi connectivity index (χ2v) is 9.06. The molecular formula is C17H21Cl2N3O5S. The van der Waals surface area contributed by atoms with Gasteiger partial charge in [0.05, 0.1) is 24.5 Å². The van der Waals surface area contributed by atoms with E-state index < -0.39 is 22.0 Å². The standard InChI is InChI=1S/C17H21Cl2N3O5S/c1-22-16(20-11-21-22)4-3-7-17(14-6-5-12(18)8-15(14)19)25-9-13(27-17)10-26-28(2,23)24/h5-6,8,11,13H,3-4,7,9-10H2,1-2H3/t13-,17+/m1/s1. The van der Waals surface area contributed by atoms with Crippen LogP contribution < -0.4 is 0 Å². The summed E-state index contributed by atoms with van der Waals surface area (Å²) < 4.78 is 41.3. The average Bonchev–Trinajstić information content (AvgIpc) is 3.20. The Kier molecular flexibility index (Phi) is 6.63. The van der Waals surface area contributed by atoms with Crippen molar-refractivity contribution in [2.24, 2.45) is 7.05 Å². The third-order valence-electron chi connectivity index (χ3n) is 4.38. The predicted octanol–water partition coefficient (Wildman–Crippen LogP) is 2.69. The smallest absolute Gasteiger partial charge is 0.264 e. The van der Waals surface area contributed by atoms with Crippen molar-refractivity contribution in [3.05, 3.63) is 46.0 Å². The molecular weight excluding hydrogens is 429 g/mol. The van der Waals surface area contributed by atoms with Crippen LogP contribution in [0, 0.1) is 0 Å². The fourth-order valence-electron chi connectivity index (χ4n) is 3.08. The molecule has 1 saturated heterocycles. The van der Waals surface area contributed by atoms with Gasteiger partial charge in [0.2, 0.25) is 0 Å². The van der Waals surface area contributed by atoms with Crippen LogP contribution in [-0.4, -0.2) is 48.8 Å². The number of rotatable bonds is 8. The maximum Gasteiger partial charge on any atom is 0.264 e. The summed E-state index contributed by atoms with van der Waals surface area (Å²) in [4.78, 5) is 4.22. The number of halogens is 2. The van der Waals surface area contributed by atoms with Crippen molar-refractivity contribution in [2.75, 3.05) is 19.5 Å². The molecule has 1 fully saturated rings. The van der Waals surface area contributed by atoms with E-state index in [1.807, 2.05) is 7.05 Å². The van der Waals surface area contributed by atoms with Crippen molar-refractivity contribution < 1.29 is 22.1 Å². The largest absolute Gasteiger partial charge is 0.343 e. The summed E-state index contributed by atoms with van der Waals surface area (Å²) in [6, 6.07) is 5.09. The Bertz CT molecular complexity index is 937. The fourth-order valence-corrected chi connectivity index (χ4v) is 4.03. The molecule has 1 aromatic heterocycles.